The Morgan fingerprint density at radius 1 is 0.792 bits per heavy atom. The number of benzene rings is 3. The van der Waals surface area contributed by atoms with Crippen LogP contribution in [0.1, 0.15) is 22.0 Å². The molecule has 116 valence electrons. The molecule has 0 aliphatic rings. The molecule has 3 rings (SSSR count). The summed E-state index contributed by atoms with van der Waals surface area (Å²) in [5.74, 6) is -0.197. The predicted molar refractivity (Wildman–Crippen MR) is 94.5 cm³/mol. The van der Waals surface area contributed by atoms with Gasteiger partial charge in [-0.15, -0.1) is 0 Å². The molecule has 0 saturated carbocycles. The highest BCUT2D eigenvalue weighted by atomic mass is 16.2. The maximum Gasteiger partial charge on any atom is 0.259 e. The topological polar surface area (TPSA) is 44.1 Å². The van der Waals surface area contributed by atoms with Crippen LogP contribution >= 0.6 is 0 Å². The Morgan fingerprint density at radius 3 is 1.83 bits per heavy atom. The van der Waals surface area contributed by atoms with Gasteiger partial charge >= 0.3 is 0 Å². The zero-order chi connectivity index (χ0) is 16.8. The van der Waals surface area contributed by atoms with E-state index in [4.69, 9.17) is 0 Å². The number of amides is 1. The fraction of sp³-hybridized carbons (Fsp3) is 0.0476. The molecule has 0 heterocycles. The molecule has 0 bridgehead atoms. The quantitative estimate of drug-likeness (QED) is 0.706. The molecule has 3 heteroatoms. The van der Waals surface area contributed by atoms with Gasteiger partial charge in [0.15, 0.2) is 0 Å². The van der Waals surface area contributed by atoms with Gasteiger partial charge in [-0.3, -0.25) is 9.69 Å². The standard InChI is InChI=1S/C21H16N2O/c22-16-20(17-10-4-1-5-11-17)23(19-14-8-3-9-15-19)21(24)18-12-6-2-7-13-18/h1-15,20H. The van der Waals surface area contributed by atoms with E-state index < -0.39 is 6.04 Å². The van der Waals surface area contributed by atoms with E-state index in [-0.39, 0.29) is 5.91 Å². The van der Waals surface area contributed by atoms with Gasteiger partial charge in [-0.1, -0.05) is 66.7 Å². The third-order valence-corrected chi connectivity index (χ3v) is 3.77. The lowest BCUT2D eigenvalue weighted by molar-refractivity contribution is 0.0981. The third kappa shape index (κ3) is 3.18. The maximum atomic E-state index is 13.1. The summed E-state index contributed by atoms with van der Waals surface area (Å²) in [6, 6.07) is 29.3. The Morgan fingerprint density at radius 2 is 1.29 bits per heavy atom. The smallest absolute Gasteiger partial charge is 0.259 e. The largest absolute Gasteiger partial charge is 0.288 e. The molecule has 1 unspecified atom stereocenters. The van der Waals surface area contributed by atoms with Crippen LogP contribution in [-0.4, -0.2) is 5.91 Å². The number of hydrogen-bond acceptors (Lipinski definition) is 2. The van der Waals surface area contributed by atoms with Gasteiger partial charge in [0.1, 0.15) is 6.04 Å². The molecule has 1 atom stereocenters. The van der Waals surface area contributed by atoms with Crippen molar-refractivity contribution >= 4 is 11.6 Å². The lowest BCUT2D eigenvalue weighted by Crippen LogP contribution is -2.34. The Hall–Kier alpha value is -3.38. The van der Waals surface area contributed by atoms with Gasteiger partial charge in [0.05, 0.1) is 6.07 Å². The average molecular weight is 312 g/mol. The number of hydrogen-bond donors (Lipinski definition) is 0. The highest BCUT2D eigenvalue weighted by Gasteiger charge is 2.27. The second-order valence-corrected chi connectivity index (χ2v) is 5.32. The van der Waals surface area contributed by atoms with Gasteiger partial charge in [-0.05, 0) is 29.8 Å². The van der Waals surface area contributed by atoms with E-state index in [0.717, 1.165) is 5.56 Å². The van der Waals surface area contributed by atoms with Crippen molar-refractivity contribution in [2.45, 2.75) is 6.04 Å². The predicted octanol–water partition coefficient (Wildman–Crippen LogP) is 4.60. The van der Waals surface area contributed by atoms with Gasteiger partial charge < -0.3 is 0 Å². The summed E-state index contributed by atoms with van der Waals surface area (Å²) >= 11 is 0. The Labute approximate surface area is 141 Å². The van der Waals surface area contributed by atoms with Crippen molar-refractivity contribution < 1.29 is 4.79 Å². The van der Waals surface area contributed by atoms with E-state index in [2.05, 4.69) is 6.07 Å². The van der Waals surface area contributed by atoms with Crippen LogP contribution in [0.15, 0.2) is 91.0 Å². The Bertz CT molecular complexity index is 839. The van der Waals surface area contributed by atoms with E-state index in [9.17, 15) is 10.1 Å². The number of anilines is 1. The number of nitrogens with zero attached hydrogens (tertiary/aromatic N) is 2. The van der Waals surface area contributed by atoms with E-state index in [1.54, 1.807) is 17.0 Å². The van der Waals surface area contributed by atoms with E-state index in [0.29, 0.717) is 11.3 Å². The number of nitriles is 1. The molecule has 1 amide bonds. The first-order valence-electron chi connectivity index (χ1n) is 7.69. The van der Waals surface area contributed by atoms with Gasteiger partial charge in [-0.2, -0.15) is 5.26 Å². The lowest BCUT2D eigenvalue weighted by Gasteiger charge is -2.28. The zero-order valence-electron chi connectivity index (χ0n) is 13.0. The second-order valence-electron chi connectivity index (χ2n) is 5.32. The van der Waals surface area contributed by atoms with Crippen molar-refractivity contribution in [3.8, 4) is 6.07 Å². The van der Waals surface area contributed by atoms with Crippen molar-refractivity contribution in [1.82, 2.24) is 0 Å². The first kappa shape index (κ1) is 15.5. The molecule has 0 fully saturated rings. The van der Waals surface area contributed by atoms with Crippen molar-refractivity contribution in [2.24, 2.45) is 0 Å². The Balaban J connectivity index is 2.09. The minimum absolute atomic E-state index is 0.197. The van der Waals surface area contributed by atoms with Crippen LogP contribution in [0.2, 0.25) is 0 Å². The monoisotopic (exact) mass is 312 g/mol. The SMILES string of the molecule is N#CC(c1ccccc1)N(C(=O)c1ccccc1)c1ccccc1. The van der Waals surface area contributed by atoms with Crippen molar-refractivity contribution in [1.29, 1.82) is 5.26 Å². The minimum atomic E-state index is -0.693. The molecule has 0 aromatic heterocycles. The average Bonchev–Trinajstić information content (AvgIpc) is 2.67. The van der Waals surface area contributed by atoms with Gasteiger partial charge in [0.25, 0.3) is 5.91 Å². The normalized spacial score (nSPS) is 11.3. The van der Waals surface area contributed by atoms with Crippen LogP contribution < -0.4 is 4.90 Å². The van der Waals surface area contributed by atoms with Crippen LogP contribution in [0.5, 0.6) is 0 Å². The van der Waals surface area contributed by atoms with Crippen molar-refractivity contribution in [3.63, 3.8) is 0 Å². The molecule has 3 aromatic rings. The van der Waals surface area contributed by atoms with Crippen LogP contribution in [0.4, 0.5) is 5.69 Å². The lowest BCUT2D eigenvalue weighted by atomic mass is 10.0. The summed E-state index contributed by atoms with van der Waals surface area (Å²) in [6.07, 6.45) is 0. The molecule has 0 spiro atoms. The number of carbonyl (C=O) groups is 1. The van der Waals surface area contributed by atoms with E-state index in [1.807, 2.05) is 78.9 Å². The molecule has 24 heavy (non-hydrogen) atoms. The molecule has 0 aliphatic carbocycles. The molecular weight excluding hydrogens is 296 g/mol. The van der Waals surface area contributed by atoms with E-state index in [1.165, 1.54) is 0 Å². The molecule has 3 nitrogen and oxygen atoms in total. The molecule has 3 aromatic carbocycles. The Kier molecular flexibility index (Phi) is 4.69. The third-order valence-electron chi connectivity index (χ3n) is 3.77. The van der Waals surface area contributed by atoms with Crippen LogP contribution in [0.25, 0.3) is 0 Å². The number of para-hydroxylation sites is 1. The minimum Gasteiger partial charge on any atom is -0.288 e. The zero-order valence-corrected chi connectivity index (χ0v) is 13.0. The highest BCUT2D eigenvalue weighted by molar-refractivity contribution is 6.06. The fourth-order valence-electron chi connectivity index (χ4n) is 2.61. The van der Waals surface area contributed by atoms with Crippen LogP contribution in [-0.2, 0) is 0 Å². The van der Waals surface area contributed by atoms with E-state index >= 15 is 0 Å². The number of carbonyl (C=O) groups excluding carboxylic acids is 1. The molecular formula is C21H16N2O. The highest BCUT2D eigenvalue weighted by Crippen LogP contribution is 2.28. The van der Waals surface area contributed by atoms with Crippen LogP contribution in [0.3, 0.4) is 0 Å². The number of rotatable bonds is 4. The molecule has 0 N–H and O–H groups in total. The van der Waals surface area contributed by atoms with Gasteiger partial charge in [0.2, 0.25) is 0 Å². The molecule has 0 saturated heterocycles. The maximum absolute atomic E-state index is 13.1. The first-order chi connectivity index (χ1) is 11.8. The first-order valence-corrected chi connectivity index (χ1v) is 7.69. The molecule has 0 aliphatic heterocycles. The van der Waals surface area contributed by atoms with Gasteiger partial charge in [-0.25, -0.2) is 0 Å². The molecule has 0 radical (unpaired) electrons. The van der Waals surface area contributed by atoms with Crippen LogP contribution in [0, 0.1) is 11.3 Å². The second kappa shape index (κ2) is 7.26. The summed E-state index contributed by atoms with van der Waals surface area (Å²) in [5, 5.41) is 9.76. The summed E-state index contributed by atoms with van der Waals surface area (Å²) in [4.78, 5) is 14.6. The summed E-state index contributed by atoms with van der Waals surface area (Å²) in [5.41, 5.74) is 2.03. The fourth-order valence-corrected chi connectivity index (χ4v) is 2.61. The summed E-state index contributed by atoms with van der Waals surface area (Å²) < 4.78 is 0. The van der Waals surface area contributed by atoms with Gasteiger partial charge in [0, 0.05) is 11.3 Å². The summed E-state index contributed by atoms with van der Waals surface area (Å²) in [7, 11) is 0. The van der Waals surface area contributed by atoms with Crippen molar-refractivity contribution in [3.05, 3.63) is 102 Å². The van der Waals surface area contributed by atoms with Crippen molar-refractivity contribution in [2.75, 3.05) is 4.90 Å². The summed E-state index contributed by atoms with van der Waals surface area (Å²) in [6.45, 7) is 0.